The fourth-order valence-electron chi connectivity index (χ4n) is 14.6. The molecule has 0 bridgehead atoms. The molecule has 5 aromatic carbocycles. The third kappa shape index (κ3) is 8.46. The molecule has 4 saturated carbocycles. The molecular formula is C62H66O11. The number of Topliss-reactive ketones (excluding diaryl/α,β-unsaturated/α-hetero) is 1. The maximum atomic E-state index is 16.9. The Hall–Kier alpha value is -6.88. The van der Waals surface area contributed by atoms with Crippen molar-refractivity contribution in [1.82, 2.24) is 0 Å². The molecule has 4 aliphatic carbocycles. The Morgan fingerprint density at radius 1 is 0.411 bits per heavy atom. The highest BCUT2D eigenvalue weighted by atomic mass is 16.6. The molecule has 0 aliphatic heterocycles. The van der Waals surface area contributed by atoms with Crippen molar-refractivity contribution in [3.8, 4) is 0 Å². The quantitative estimate of drug-likeness (QED) is 0.0687. The second-order valence-corrected chi connectivity index (χ2v) is 21.3. The van der Waals surface area contributed by atoms with Gasteiger partial charge in [-0.3, -0.25) is 28.8 Å². The maximum absolute atomic E-state index is 16.9. The number of rotatable bonds is 16. The number of carbonyl (C=O) groups is 6. The zero-order chi connectivity index (χ0) is 51.3. The van der Waals surface area contributed by atoms with Crippen LogP contribution in [0.1, 0.15) is 113 Å². The first-order valence-electron chi connectivity index (χ1n) is 25.9. The molecule has 0 heterocycles. The molecule has 9 rings (SSSR count). The van der Waals surface area contributed by atoms with Crippen LogP contribution >= 0.6 is 0 Å². The summed E-state index contributed by atoms with van der Waals surface area (Å²) in [6, 6.07) is 45.8. The lowest BCUT2D eigenvalue weighted by Gasteiger charge is -2.75. The van der Waals surface area contributed by atoms with Gasteiger partial charge in [-0.05, 0) is 104 Å². The highest BCUT2D eigenvalue weighted by molar-refractivity contribution is 6.03. The second-order valence-electron chi connectivity index (χ2n) is 21.3. The van der Waals surface area contributed by atoms with Gasteiger partial charge in [0.05, 0.1) is 10.8 Å². The van der Waals surface area contributed by atoms with Crippen LogP contribution in [-0.4, -0.2) is 35.6 Å². The lowest BCUT2D eigenvalue weighted by molar-refractivity contribution is -0.311. The topological polar surface area (TPSA) is 149 Å². The van der Waals surface area contributed by atoms with Crippen molar-refractivity contribution in [3.05, 3.63) is 179 Å². The summed E-state index contributed by atoms with van der Waals surface area (Å²) >= 11 is 0. The van der Waals surface area contributed by atoms with E-state index in [1.165, 1.54) is 6.92 Å². The molecule has 0 radical (unpaired) electrons. The van der Waals surface area contributed by atoms with Gasteiger partial charge < -0.3 is 23.7 Å². The van der Waals surface area contributed by atoms with E-state index < -0.39 is 68.3 Å². The SMILES string of the molecule is CC(=O)[C@H]1CCCC2(C(=O)OCc3ccccc3)C3(C(=O)OCc4ccccc4)CCC4(C(=O)OCc5ccccc5)C[C@@H](C)CCC4(C(=O)OCc4ccccc4)C3(C(=O)OCc3ccccc3)CC[C@]12C. The Morgan fingerprint density at radius 3 is 1.15 bits per heavy atom. The van der Waals surface area contributed by atoms with Crippen molar-refractivity contribution in [1.29, 1.82) is 0 Å². The number of esters is 5. The van der Waals surface area contributed by atoms with Crippen molar-refractivity contribution in [2.45, 2.75) is 118 Å². The van der Waals surface area contributed by atoms with Crippen molar-refractivity contribution in [3.63, 3.8) is 0 Å². The predicted octanol–water partition coefficient (Wildman–Crippen LogP) is 11.4. The van der Waals surface area contributed by atoms with Crippen molar-refractivity contribution >= 4 is 35.6 Å². The maximum Gasteiger partial charge on any atom is 0.314 e. The number of ketones is 1. The third-order valence-corrected chi connectivity index (χ3v) is 17.8. The molecule has 5 unspecified atom stereocenters. The van der Waals surface area contributed by atoms with Crippen LogP contribution in [0.15, 0.2) is 152 Å². The van der Waals surface area contributed by atoms with E-state index in [1.54, 1.807) is 0 Å². The van der Waals surface area contributed by atoms with E-state index in [4.69, 9.17) is 23.7 Å². The Kier molecular flexibility index (Phi) is 14.6. The number of carbonyl (C=O) groups excluding carboxylic acids is 6. The molecule has 5 aromatic rings. The zero-order valence-electron chi connectivity index (χ0n) is 42.2. The minimum Gasteiger partial charge on any atom is -0.460 e. The number of hydrogen-bond donors (Lipinski definition) is 0. The van der Waals surface area contributed by atoms with Gasteiger partial charge in [0, 0.05) is 5.92 Å². The Balaban J connectivity index is 1.36. The molecule has 73 heavy (non-hydrogen) atoms. The van der Waals surface area contributed by atoms with Crippen LogP contribution in [0.2, 0.25) is 0 Å². The predicted molar refractivity (Wildman–Crippen MR) is 271 cm³/mol. The van der Waals surface area contributed by atoms with Crippen LogP contribution in [0, 0.1) is 44.3 Å². The fraction of sp³-hybridized carbons (Fsp3) is 0.419. The fourth-order valence-corrected chi connectivity index (χ4v) is 14.6. The van der Waals surface area contributed by atoms with Crippen LogP contribution in [0.25, 0.3) is 0 Å². The van der Waals surface area contributed by atoms with Gasteiger partial charge in [0.25, 0.3) is 0 Å². The first-order chi connectivity index (χ1) is 35.3. The van der Waals surface area contributed by atoms with Gasteiger partial charge in [-0.25, -0.2) is 0 Å². The van der Waals surface area contributed by atoms with Gasteiger partial charge in [0.2, 0.25) is 0 Å². The number of hydrogen-bond acceptors (Lipinski definition) is 11. The van der Waals surface area contributed by atoms with E-state index in [9.17, 15) is 4.79 Å². The van der Waals surface area contributed by atoms with Gasteiger partial charge >= 0.3 is 29.8 Å². The van der Waals surface area contributed by atoms with E-state index in [1.807, 2.05) is 166 Å². The molecule has 4 aliphatic rings. The Morgan fingerprint density at radius 2 is 0.753 bits per heavy atom. The molecule has 0 N–H and O–H groups in total. The average Bonchev–Trinajstić information content (AvgIpc) is 3.42. The lowest BCUT2D eigenvalue weighted by atomic mass is 9.23. The van der Waals surface area contributed by atoms with Crippen molar-refractivity contribution in [2.24, 2.45) is 44.3 Å². The summed E-state index contributed by atoms with van der Waals surface area (Å²) in [4.78, 5) is 97.1. The number of ether oxygens (including phenoxy) is 5. The molecule has 0 spiro atoms. The minimum absolute atomic E-state index is 0.00421. The summed E-state index contributed by atoms with van der Waals surface area (Å²) < 4.78 is 32.9. The Bertz CT molecular complexity index is 2790. The first kappa shape index (κ1) is 51.0. The number of fused-ring (bicyclic) bond motifs is 5. The molecule has 0 amide bonds. The van der Waals surface area contributed by atoms with Gasteiger partial charge in [0.1, 0.15) is 55.1 Å². The highest BCUT2D eigenvalue weighted by Crippen LogP contribution is 2.84. The first-order valence-corrected chi connectivity index (χ1v) is 25.9. The summed E-state index contributed by atoms with van der Waals surface area (Å²) in [5, 5.41) is 0. The zero-order valence-corrected chi connectivity index (χ0v) is 42.2. The largest absolute Gasteiger partial charge is 0.460 e. The molecule has 380 valence electrons. The summed E-state index contributed by atoms with van der Waals surface area (Å²) in [5.74, 6) is -5.29. The van der Waals surface area contributed by atoms with Crippen LogP contribution < -0.4 is 0 Å². The summed E-state index contributed by atoms with van der Waals surface area (Å²) in [6.45, 7) is 4.37. The average molecular weight is 987 g/mol. The summed E-state index contributed by atoms with van der Waals surface area (Å²) in [5.41, 5.74) is -8.73. The van der Waals surface area contributed by atoms with Crippen LogP contribution in [0.3, 0.4) is 0 Å². The smallest absolute Gasteiger partial charge is 0.314 e. The normalized spacial score (nSPS) is 29.1. The van der Waals surface area contributed by atoms with Crippen molar-refractivity contribution < 1.29 is 52.5 Å². The number of benzene rings is 5. The highest BCUT2D eigenvalue weighted by Gasteiger charge is 2.92. The summed E-state index contributed by atoms with van der Waals surface area (Å²) in [7, 11) is 0. The molecule has 0 aromatic heterocycles. The van der Waals surface area contributed by atoms with Crippen LogP contribution in [0.4, 0.5) is 0 Å². The van der Waals surface area contributed by atoms with Gasteiger partial charge in [-0.15, -0.1) is 0 Å². The molecule has 8 atom stereocenters. The molecule has 4 fully saturated rings. The van der Waals surface area contributed by atoms with Crippen molar-refractivity contribution in [2.75, 3.05) is 0 Å². The van der Waals surface area contributed by atoms with E-state index >= 15 is 24.0 Å². The summed E-state index contributed by atoms with van der Waals surface area (Å²) in [6.07, 6.45) is 0.370. The van der Waals surface area contributed by atoms with E-state index in [2.05, 4.69) is 0 Å². The minimum atomic E-state index is -2.37. The van der Waals surface area contributed by atoms with Crippen LogP contribution in [0.5, 0.6) is 0 Å². The standard InChI is InChI=1S/C62H66O11/c1-44-31-33-60(54(66)71-41-48-24-13-6-14-25-48)58(38-44,52(64)69-39-46-20-9-4-10-21-46)35-37-61(55(67)72-42-49-26-15-7-16-27-49)59(53(65)70-40-47-22-11-5-12-23-47)32-19-30-51(45(2)63)57(59,3)34-36-62(60,61)56(68)73-43-50-28-17-8-18-29-50/h4-18,20-29,44,51H,19,30-43H2,1-3H3/t44-,51+,57+,58?,59?,60?,61?,62?/m0/s1. The molecule has 11 nitrogen and oxygen atoms in total. The lowest BCUT2D eigenvalue weighted by Crippen LogP contribution is -2.83. The van der Waals surface area contributed by atoms with Gasteiger partial charge in [0.15, 0.2) is 0 Å². The van der Waals surface area contributed by atoms with E-state index in [0.29, 0.717) is 47.1 Å². The van der Waals surface area contributed by atoms with Gasteiger partial charge in [-0.2, -0.15) is 0 Å². The van der Waals surface area contributed by atoms with Gasteiger partial charge in [-0.1, -0.05) is 172 Å². The third-order valence-electron chi connectivity index (χ3n) is 17.8. The Labute approximate surface area is 428 Å². The monoisotopic (exact) mass is 986 g/mol. The molecule has 0 saturated heterocycles. The van der Waals surface area contributed by atoms with Crippen LogP contribution in [-0.2, 0) is 85.5 Å². The molecular weight excluding hydrogens is 921 g/mol. The van der Waals surface area contributed by atoms with E-state index in [0.717, 1.165) is 0 Å². The van der Waals surface area contributed by atoms with E-state index in [-0.39, 0.29) is 89.7 Å². The molecule has 11 heteroatoms. The second kappa shape index (κ2) is 20.9.